The van der Waals surface area contributed by atoms with Crippen molar-refractivity contribution in [1.82, 2.24) is 9.62 Å². The highest BCUT2D eigenvalue weighted by atomic mass is 32.2. The van der Waals surface area contributed by atoms with Gasteiger partial charge in [-0.3, -0.25) is 4.79 Å². The molecule has 1 aliphatic rings. The standard InChI is InChI=1S/C18H26N2O7S/c1-14(17(21)25-2)10-19-28(23,24)13-16-11-20(8-9-26-16)18(22)27-12-15-6-4-3-5-7-15/h3-7,14,16,19H,8-13H2,1-2H3. The zero-order valence-corrected chi connectivity index (χ0v) is 16.8. The Morgan fingerprint density at radius 1 is 1.32 bits per heavy atom. The molecule has 2 atom stereocenters. The van der Waals surface area contributed by atoms with Gasteiger partial charge in [-0.05, 0) is 5.56 Å². The molecule has 1 fully saturated rings. The number of carbonyl (C=O) groups is 2. The van der Waals surface area contributed by atoms with Crippen LogP contribution >= 0.6 is 0 Å². The topological polar surface area (TPSA) is 111 Å². The van der Waals surface area contributed by atoms with E-state index in [1.54, 1.807) is 6.92 Å². The maximum absolute atomic E-state index is 12.2. The van der Waals surface area contributed by atoms with Gasteiger partial charge in [0.1, 0.15) is 6.61 Å². The number of nitrogens with one attached hydrogen (secondary N) is 1. The predicted octanol–water partition coefficient (Wildman–Crippen LogP) is 0.753. The number of benzene rings is 1. The molecular formula is C18H26N2O7S. The first-order valence-electron chi connectivity index (χ1n) is 8.93. The van der Waals surface area contributed by atoms with Crippen LogP contribution in [-0.4, -0.2) is 70.6 Å². The average molecular weight is 414 g/mol. The molecule has 0 spiro atoms. The summed E-state index contributed by atoms with van der Waals surface area (Å²) in [6, 6.07) is 9.28. The summed E-state index contributed by atoms with van der Waals surface area (Å²) in [5.41, 5.74) is 0.868. The van der Waals surface area contributed by atoms with E-state index in [-0.39, 0.29) is 32.1 Å². The van der Waals surface area contributed by atoms with Gasteiger partial charge >= 0.3 is 12.1 Å². The lowest BCUT2D eigenvalue weighted by atomic mass is 10.2. The lowest BCUT2D eigenvalue weighted by Crippen LogP contribution is -2.49. The van der Waals surface area contributed by atoms with Gasteiger partial charge in [-0.1, -0.05) is 37.3 Å². The maximum Gasteiger partial charge on any atom is 0.410 e. The fraction of sp³-hybridized carbons (Fsp3) is 0.556. The second kappa shape index (κ2) is 10.4. The van der Waals surface area contributed by atoms with E-state index in [9.17, 15) is 18.0 Å². The van der Waals surface area contributed by atoms with Crippen LogP contribution in [0.4, 0.5) is 4.79 Å². The molecule has 0 radical (unpaired) electrons. The minimum atomic E-state index is -3.68. The number of methoxy groups -OCH3 is 1. The molecule has 9 nitrogen and oxygen atoms in total. The van der Waals surface area contributed by atoms with Crippen LogP contribution < -0.4 is 4.72 Å². The highest BCUT2D eigenvalue weighted by Crippen LogP contribution is 2.11. The molecule has 2 rings (SSSR count). The van der Waals surface area contributed by atoms with Crippen molar-refractivity contribution in [3.63, 3.8) is 0 Å². The molecule has 1 amide bonds. The summed E-state index contributed by atoms with van der Waals surface area (Å²) in [4.78, 5) is 25.0. The van der Waals surface area contributed by atoms with Crippen LogP contribution in [0, 0.1) is 5.92 Å². The smallest absolute Gasteiger partial charge is 0.410 e. The molecule has 1 aromatic carbocycles. The van der Waals surface area contributed by atoms with Crippen molar-refractivity contribution >= 4 is 22.1 Å². The van der Waals surface area contributed by atoms with Crippen molar-refractivity contribution in [3.8, 4) is 0 Å². The number of esters is 1. The zero-order valence-electron chi connectivity index (χ0n) is 16.0. The predicted molar refractivity (Wildman–Crippen MR) is 101 cm³/mol. The minimum Gasteiger partial charge on any atom is -0.469 e. The minimum absolute atomic E-state index is 0.0649. The Balaban J connectivity index is 1.81. The highest BCUT2D eigenvalue weighted by Gasteiger charge is 2.29. The van der Waals surface area contributed by atoms with Crippen LogP contribution in [0.25, 0.3) is 0 Å². The van der Waals surface area contributed by atoms with E-state index in [0.29, 0.717) is 6.54 Å². The van der Waals surface area contributed by atoms with Crippen LogP contribution in [0.1, 0.15) is 12.5 Å². The largest absolute Gasteiger partial charge is 0.469 e. The summed E-state index contributed by atoms with van der Waals surface area (Å²) in [7, 11) is -2.44. The third kappa shape index (κ3) is 7.10. The van der Waals surface area contributed by atoms with Crippen molar-refractivity contribution in [2.75, 3.05) is 39.1 Å². The highest BCUT2D eigenvalue weighted by molar-refractivity contribution is 7.89. The van der Waals surface area contributed by atoms with E-state index in [4.69, 9.17) is 9.47 Å². The van der Waals surface area contributed by atoms with Crippen molar-refractivity contribution < 1.29 is 32.2 Å². The number of ether oxygens (including phenoxy) is 3. The summed E-state index contributed by atoms with van der Waals surface area (Å²) >= 11 is 0. The SMILES string of the molecule is COC(=O)C(C)CNS(=O)(=O)CC1CN(C(=O)OCc2ccccc2)CCO1. The van der Waals surface area contributed by atoms with Crippen molar-refractivity contribution in [2.24, 2.45) is 5.92 Å². The molecule has 1 heterocycles. The molecule has 0 bridgehead atoms. The third-order valence-electron chi connectivity index (χ3n) is 4.22. The number of sulfonamides is 1. The van der Waals surface area contributed by atoms with E-state index in [2.05, 4.69) is 9.46 Å². The average Bonchev–Trinajstić information content (AvgIpc) is 2.70. The van der Waals surface area contributed by atoms with Crippen LogP contribution in [0.2, 0.25) is 0 Å². The fourth-order valence-electron chi connectivity index (χ4n) is 2.64. The van der Waals surface area contributed by atoms with Gasteiger partial charge in [0, 0.05) is 13.1 Å². The molecule has 2 unspecified atom stereocenters. The van der Waals surface area contributed by atoms with Crippen molar-refractivity contribution in [1.29, 1.82) is 0 Å². The Kier molecular flexibility index (Phi) is 8.21. The van der Waals surface area contributed by atoms with Crippen molar-refractivity contribution in [2.45, 2.75) is 19.6 Å². The van der Waals surface area contributed by atoms with Crippen LogP contribution in [0.15, 0.2) is 30.3 Å². The number of nitrogens with zero attached hydrogens (tertiary/aromatic N) is 1. The first-order chi connectivity index (χ1) is 13.3. The Bertz CT molecular complexity index is 754. The number of amides is 1. The van der Waals surface area contributed by atoms with E-state index >= 15 is 0 Å². The van der Waals surface area contributed by atoms with Gasteiger partial charge in [0.2, 0.25) is 10.0 Å². The Morgan fingerprint density at radius 2 is 2.04 bits per heavy atom. The quantitative estimate of drug-likeness (QED) is 0.625. The van der Waals surface area contributed by atoms with Crippen LogP contribution in [-0.2, 0) is 35.6 Å². The normalized spacial score (nSPS) is 18.4. The molecule has 0 saturated carbocycles. The van der Waals surface area contributed by atoms with Gasteiger partial charge in [0.05, 0.1) is 38.0 Å². The summed E-state index contributed by atoms with van der Waals surface area (Å²) in [6.45, 7) is 2.31. The molecule has 10 heteroatoms. The number of rotatable bonds is 8. The molecule has 156 valence electrons. The van der Waals surface area contributed by atoms with Gasteiger partial charge in [0.15, 0.2) is 0 Å². The molecule has 1 N–H and O–H groups in total. The molecule has 0 aromatic heterocycles. The molecule has 28 heavy (non-hydrogen) atoms. The van der Waals surface area contributed by atoms with Gasteiger partial charge in [-0.2, -0.15) is 0 Å². The summed E-state index contributed by atoms with van der Waals surface area (Å²) in [5, 5.41) is 0. The first-order valence-corrected chi connectivity index (χ1v) is 10.6. The van der Waals surface area contributed by atoms with Crippen LogP contribution in [0.3, 0.4) is 0 Å². The monoisotopic (exact) mass is 414 g/mol. The number of morpholine rings is 1. The Hall–Kier alpha value is -2.17. The lowest BCUT2D eigenvalue weighted by Gasteiger charge is -2.32. The fourth-order valence-corrected chi connectivity index (χ4v) is 3.95. The van der Waals surface area contributed by atoms with E-state index in [1.807, 2.05) is 30.3 Å². The molecule has 1 saturated heterocycles. The Labute approximate surface area is 165 Å². The second-order valence-corrected chi connectivity index (χ2v) is 8.38. The zero-order chi connectivity index (χ0) is 20.6. The third-order valence-corrected chi connectivity index (χ3v) is 5.64. The van der Waals surface area contributed by atoms with Gasteiger partial charge in [-0.25, -0.2) is 17.9 Å². The molecule has 1 aromatic rings. The molecule has 1 aliphatic heterocycles. The summed E-state index contributed by atoms with van der Waals surface area (Å²) in [6.07, 6.45) is -1.19. The maximum atomic E-state index is 12.2. The van der Waals surface area contributed by atoms with E-state index in [0.717, 1.165) is 5.56 Å². The van der Waals surface area contributed by atoms with Gasteiger partial charge < -0.3 is 19.1 Å². The summed E-state index contributed by atoms with van der Waals surface area (Å²) in [5.74, 6) is -1.41. The van der Waals surface area contributed by atoms with E-state index < -0.39 is 34.1 Å². The van der Waals surface area contributed by atoms with Crippen LogP contribution in [0.5, 0.6) is 0 Å². The number of hydrogen-bond donors (Lipinski definition) is 1. The second-order valence-electron chi connectivity index (χ2n) is 6.53. The van der Waals surface area contributed by atoms with E-state index in [1.165, 1.54) is 12.0 Å². The van der Waals surface area contributed by atoms with Gasteiger partial charge in [-0.15, -0.1) is 0 Å². The molecular weight excluding hydrogens is 388 g/mol. The Morgan fingerprint density at radius 3 is 2.71 bits per heavy atom. The van der Waals surface area contributed by atoms with Crippen molar-refractivity contribution in [3.05, 3.63) is 35.9 Å². The van der Waals surface area contributed by atoms with Gasteiger partial charge in [0.25, 0.3) is 0 Å². The summed E-state index contributed by atoms with van der Waals surface area (Å²) < 4.78 is 42.1. The number of hydrogen-bond acceptors (Lipinski definition) is 7. The lowest BCUT2D eigenvalue weighted by molar-refractivity contribution is -0.144. The molecule has 0 aliphatic carbocycles. The number of carbonyl (C=O) groups excluding carboxylic acids is 2. The first kappa shape index (κ1) is 22.1.